The number of hydrogen-bond donors (Lipinski definition) is 0. The quantitative estimate of drug-likeness (QED) is 0.155. The van der Waals surface area contributed by atoms with Crippen molar-refractivity contribution in [1.29, 1.82) is 0 Å². The number of ether oxygens (including phenoxy) is 1. The molecule has 0 aromatic rings. The van der Waals surface area contributed by atoms with E-state index in [1.54, 1.807) is 0 Å². The Kier molecular flexibility index (Phi) is 6.27. The van der Waals surface area contributed by atoms with Gasteiger partial charge in [0, 0.05) is 11.5 Å². The summed E-state index contributed by atoms with van der Waals surface area (Å²) in [6.07, 6.45) is 0.287. The van der Waals surface area contributed by atoms with E-state index in [0.29, 0.717) is 13.0 Å². The van der Waals surface area contributed by atoms with Crippen molar-refractivity contribution in [3.8, 4) is 0 Å². The molecule has 0 aliphatic rings. The monoisotopic (exact) mass is 185 g/mol. The first-order valence-corrected chi connectivity index (χ1v) is 3.82. The lowest BCUT2D eigenvalue weighted by molar-refractivity contribution is -0.145. The average molecular weight is 185 g/mol. The second-order valence-electron chi connectivity index (χ2n) is 2.41. The molecule has 0 bridgehead atoms. The fourth-order valence-electron chi connectivity index (χ4n) is 0.620. The highest BCUT2D eigenvalue weighted by molar-refractivity contribution is 5.94. The zero-order valence-electron chi connectivity index (χ0n) is 7.39. The number of carbonyl (C=O) groups is 2. The highest BCUT2D eigenvalue weighted by Gasteiger charge is 2.04. The molecule has 0 radical (unpaired) electrons. The van der Waals surface area contributed by atoms with Gasteiger partial charge in [-0.1, -0.05) is 5.11 Å². The Balaban J connectivity index is 3.37. The van der Waals surface area contributed by atoms with Crippen molar-refractivity contribution >= 4 is 11.8 Å². The SMILES string of the molecule is CC(=O)CC(=O)OCCCN=[N+]=[N-]. The van der Waals surface area contributed by atoms with Crippen LogP contribution in [0.2, 0.25) is 0 Å². The largest absolute Gasteiger partial charge is 0.465 e. The normalized spacial score (nSPS) is 8.69. The summed E-state index contributed by atoms with van der Waals surface area (Å²) in [5, 5.41) is 3.25. The molecule has 0 amide bonds. The summed E-state index contributed by atoms with van der Waals surface area (Å²) in [7, 11) is 0. The van der Waals surface area contributed by atoms with Crippen molar-refractivity contribution in [1.82, 2.24) is 0 Å². The van der Waals surface area contributed by atoms with Crippen LogP contribution in [0.1, 0.15) is 19.8 Å². The van der Waals surface area contributed by atoms with Crippen LogP contribution in [-0.2, 0) is 14.3 Å². The Morgan fingerprint density at radius 3 is 2.77 bits per heavy atom. The summed E-state index contributed by atoms with van der Waals surface area (Å²) >= 11 is 0. The lowest BCUT2D eigenvalue weighted by Gasteiger charge is -2.00. The van der Waals surface area contributed by atoms with Crippen molar-refractivity contribution in [3.05, 3.63) is 10.4 Å². The molecule has 0 saturated carbocycles. The van der Waals surface area contributed by atoms with Gasteiger partial charge < -0.3 is 4.74 Å². The molecule has 0 spiro atoms. The van der Waals surface area contributed by atoms with E-state index in [4.69, 9.17) is 5.53 Å². The van der Waals surface area contributed by atoms with Crippen LogP contribution in [0, 0.1) is 0 Å². The number of carbonyl (C=O) groups excluding carboxylic acids is 2. The van der Waals surface area contributed by atoms with Crippen molar-refractivity contribution in [2.75, 3.05) is 13.2 Å². The fourth-order valence-corrected chi connectivity index (χ4v) is 0.620. The van der Waals surface area contributed by atoms with E-state index in [9.17, 15) is 9.59 Å². The number of nitrogens with zero attached hydrogens (tertiary/aromatic N) is 3. The highest BCUT2D eigenvalue weighted by Crippen LogP contribution is 1.90. The zero-order valence-corrected chi connectivity index (χ0v) is 7.39. The molecule has 0 saturated heterocycles. The van der Waals surface area contributed by atoms with E-state index in [0.717, 1.165) is 0 Å². The van der Waals surface area contributed by atoms with E-state index >= 15 is 0 Å². The van der Waals surface area contributed by atoms with Gasteiger partial charge in [0.1, 0.15) is 12.2 Å². The van der Waals surface area contributed by atoms with Crippen LogP contribution in [0.5, 0.6) is 0 Å². The van der Waals surface area contributed by atoms with E-state index in [1.165, 1.54) is 6.92 Å². The molecule has 0 aliphatic carbocycles. The molecule has 6 heteroatoms. The van der Waals surface area contributed by atoms with Crippen LogP contribution < -0.4 is 0 Å². The maximum absolute atomic E-state index is 10.7. The predicted octanol–water partition coefficient (Wildman–Crippen LogP) is 1.21. The molecule has 0 N–H and O–H groups in total. The van der Waals surface area contributed by atoms with Gasteiger partial charge in [0.05, 0.1) is 6.61 Å². The molecule has 0 heterocycles. The molecular weight excluding hydrogens is 174 g/mol. The second-order valence-corrected chi connectivity index (χ2v) is 2.41. The van der Waals surface area contributed by atoms with Crippen LogP contribution in [0.3, 0.4) is 0 Å². The first-order valence-electron chi connectivity index (χ1n) is 3.82. The molecule has 6 nitrogen and oxygen atoms in total. The minimum atomic E-state index is -0.534. The number of esters is 1. The fraction of sp³-hybridized carbons (Fsp3) is 0.714. The lowest BCUT2D eigenvalue weighted by atomic mass is 10.3. The molecule has 0 fully saturated rings. The summed E-state index contributed by atoms with van der Waals surface area (Å²) in [6.45, 7) is 1.80. The average Bonchev–Trinajstić information content (AvgIpc) is 2.02. The van der Waals surface area contributed by atoms with Crippen LogP contribution in [0.4, 0.5) is 0 Å². The van der Waals surface area contributed by atoms with Gasteiger partial charge in [0.15, 0.2) is 0 Å². The van der Waals surface area contributed by atoms with E-state index in [2.05, 4.69) is 14.8 Å². The summed E-state index contributed by atoms with van der Waals surface area (Å²) in [4.78, 5) is 23.7. The van der Waals surface area contributed by atoms with Gasteiger partial charge >= 0.3 is 5.97 Å². The lowest BCUT2D eigenvalue weighted by Crippen LogP contribution is -2.10. The summed E-state index contributed by atoms with van der Waals surface area (Å²) in [5.41, 5.74) is 7.90. The predicted molar refractivity (Wildman–Crippen MR) is 44.9 cm³/mol. The van der Waals surface area contributed by atoms with E-state index < -0.39 is 5.97 Å². The molecule has 72 valence electrons. The molecule has 0 rings (SSSR count). The number of azide groups is 1. The van der Waals surface area contributed by atoms with Crippen molar-refractivity contribution in [3.63, 3.8) is 0 Å². The molecule has 0 atom stereocenters. The Morgan fingerprint density at radius 2 is 2.23 bits per heavy atom. The minimum Gasteiger partial charge on any atom is -0.465 e. The number of Topliss-reactive ketones (excluding diaryl/α,β-unsaturated/α-hetero) is 1. The molecule has 13 heavy (non-hydrogen) atoms. The summed E-state index contributed by atoms with van der Waals surface area (Å²) in [5.74, 6) is -0.756. The van der Waals surface area contributed by atoms with Gasteiger partial charge in [-0.25, -0.2) is 0 Å². The van der Waals surface area contributed by atoms with Gasteiger partial charge in [0.25, 0.3) is 0 Å². The topological polar surface area (TPSA) is 92.1 Å². The van der Waals surface area contributed by atoms with Crippen LogP contribution >= 0.6 is 0 Å². The number of rotatable bonds is 6. The summed E-state index contributed by atoms with van der Waals surface area (Å²) in [6, 6.07) is 0. The minimum absolute atomic E-state index is 0.186. The molecular formula is C7H11N3O3. The Labute approximate surface area is 75.5 Å². The van der Waals surface area contributed by atoms with Crippen molar-refractivity contribution in [2.45, 2.75) is 19.8 Å². The third kappa shape index (κ3) is 8.36. The van der Waals surface area contributed by atoms with Crippen LogP contribution in [-0.4, -0.2) is 24.9 Å². The van der Waals surface area contributed by atoms with Crippen LogP contribution in [0.15, 0.2) is 5.11 Å². The smallest absolute Gasteiger partial charge is 0.313 e. The maximum Gasteiger partial charge on any atom is 0.313 e. The maximum atomic E-state index is 10.7. The van der Waals surface area contributed by atoms with E-state index in [1.807, 2.05) is 0 Å². The van der Waals surface area contributed by atoms with Crippen LogP contribution in [0.25, 0.3) is 10.4 Å². The third-order valence-electron chi connectivity index (χ3n) is 1.12. The van der Waals surface area contributed by atoms with Crippen molar-refractivity contribution < 1.29 is 14.3 Å². The molecule has 0 unspecified atom stereocenters. The summed E-state index contributed by atoms with van der Waals surface area (Å²) < 4.78 is 4.66. The number of ketones is 1. The van der Waals surface area contributed by atoms with Gasteiger partial charge in [0.2, 0.25) is 0 Å². The number of hydrogen-bond acceptors (Lipinski definition) is 4. The van der Waals surface area contributed by atoms with Gasteiger partial charge in [-0.05, 0) is 18.9 Å². The molecule has 0 aromatic heterocycles. The van der Waals surface area contributed by atoms with Gasteiger partial charge in [-0.2, -0.15) is 0 Å². The third-order valence-corrected chi connectivity index (χ3v) is 1.12. The second kappa shape index (κ2) is 7.12. The Morgan fingerprint density at radius 1 is 1.54 bits per heavy atom. The molecule has 0 aliphatic heterocycles. The van der Waals surface area contributed by atoms with Gasteiger partial charge in [-0.15, -0.1) is 0 Å². The molecule has 0 aromatic carbocycles. The van der Waals surface area contributed by atoms with E-state index in [-0.39, 0.29) is 18.8 Å². The Hall–Kier alpha value is -1.55. The van der Waals surface area contributed by atoms with Gasteiger partial charge in [-0.3, -0.25) is 9.59 Å². The first-order chi connectivity index (χ1) is 6.16. The zero-order chi connectivity index (χ0) is 10.1. The standard InChI is InChI=1S/C7H11N3O3/c1-6(11)5-7(12)13-4-2-3-9-10-8/h2-5H2,1H3. The van der Waals surface area contributed by atoms with Crippen molar-refractivity contribution in [2.24, 2.45) is 5.11 Å². The Bertz CT molecular complexity index is 233. The first kappa shape index (κ1) is 11.4. The highest BCUT2D eigenvalue weighted by atomic mass is 16.5.